The highest BCUT2D eigenvalue weighted by Gasteiger charge is 2.32. The second-order valence-corrected chi connectivity index (χ2v) is 7.25. The summed E-state index contributed by atoms with van der Waals surface area (Å²) in [6, 6.07) is 4.35. The van der Waals surface area contributed by atoms with Crippen LogP contribution in [0.1, 0.15) is 44.5 Å². The van der Waals surface area contributed by atoms with Gasteiger partial charge >= 0.3 is 0 Å². The van der Waals surface area contributed by atoms with Gasteiger partial charge in [0.2, 0.25) is 0 Å². The van der Waals surface area contributed by atoms with E-state index >= 15 is 0 Å². The Morgan fingerprint density at radius 1 is 1.32 bits per heavy atom. The molecule has 0 spiro atoms. The SMILES string of the molecule is CC1(C)C=C(NNC(=O)c2cc(Cl)ccc2O)CC(C)(C)N1. The molecule has 6 heteroatoms. The Morgan fingerprint density at radius 3 is 2.64 bits per heavy atom. The van der Waals surface area contributed by atoms with E-state index in [0.29, 0.717) is 5.02 Å². The zero-order chi connectivity index (χ0) is 16.5. The summed E-state index contributed by atoms with van der Waals surface area (Å²) in [5, 5.41) is 13.6. The molecule has 0 saturated carbocycles. The van der Waals surface area contributed by atoms with Crippen LogP contribution in [-0.4, -0.2) is 22.1 Å². The molecule has 1 heterocycles. The van der Waals surface area contributed by atoms with Crippen LogP contribution < -0.4 is 16.2 Å². The number of amides is 1. The van der Waals surface area contributed by atoms with E-state index in [1.807, 2.05) is 6.08 Å². The standard InChI is InChI=1S/C16H22ClN3O2/c1-15(2)8-11(9-16(3,4)20-15)18-19-14(22)12-7-10(17)5-6-13(12)21/h5-8,18,20-21H,9H2,1-4H3,(H,19,22). The third-order valence-corrected chi connectivity index (χ3v) is 3.60. The largest absolute Gasteiger partial charge is 0.507 e. The molecule has 1 aromatic rings. The van der Waals surface area contributed by atoms with Crippen LogP contribution in [0.25, 0.3) is 0 Å². The van der Waals surface area contributed by atoms with Crippen LogP contribution in [0.2, 0.25) is 5.02 Å². The van der Waals surface area contributed by atoms with E-state index < -0.39 is 5.91 Å². The quantitative estimate of drug-likeness (QED) is 0.645. The number of phenolic OH excluding ortho intramolecular Hbond substituents is 1. The van der Waals surface area contributed by atoms with Crippen molar-refractivity contribution in [2.75, 3.05) is 0 Å². The summed E-state index contributed by atoms with van der Waals surface area (Å²) in [6.45, 7) is 8.35. The molecule has 1 aromatic carbocycles. The lowest BCUT2D eigenvalue weighted by atomic mass is 9.86. The number of halogens is 1. The lowest BCUT2D eigenvalue weighted by Gasteiger charge is -2.41. The summed E-state index contributed by atoms with van der Waals surface area (Å²) >= 11 is 5.85. The minimum absolute atomic E-state index is 0.0799. The van der Waals surface area contributed by atoms with Gasteiger partial charge in [-0.15, -0.1) is 0 Å². The second kappa shape index (κ2) is 5.82. The lowest BCUT2D eigenvalue weighted by Crippen LogP contribution is -2.56. The van der Waals surface area contributed by atoms with Crippen LogP contribution in [0.4, 0.5) is 0 Å². The van der Waals surface area contributed by atoms with Gasteiger partial charge in [0, 0.05) is 28.2 Å². The summed E-state index contributed by atoms with van der Waals surface area (Å²) in [7, 11) is 0. The highest BCUT2D eigenvalue weighted by atomic mass is 35.5. The number of hydrogen-bond acceptors (Lipinski definition) is 4. The number of rotatable bonds is 3. The van der Waals surface area contributed by atoms with Gasteiger partial charge in [-0.05, 0) is 52.0 Å². The van der Waals surface area contributed by atoms with Gasteiger partial charge in [0.05, 0.1) is 5.56 Å². The van der Waals surface area contributed by atoms with E-state index in [0.717, 1.165) is 12.1 Å². The average molecular weight is 324 g/mol. The fourth-order valence-corrected chi connectivity index (χ4v) is 3.06. The molecule has 0 atom stereocenters. The highest BCUT2D eigenvalue weighted by Crippen LogP contribution is 2.26. The molecule has 22 heavy (non-hydrogen) atoms. The van der Waals surface area contributed by atoms with Crippen molar-refractivity contribution in [1.29, 1.82) is 0 Å². The first kappa shape index (κ1) is 16.6. The van der Waals surface area contributed by atoms with Crippen molar-refractivity contribution >= 4 is 17.5 Å². The van der Waals surface area contributed by atoms with Gasteiger partial charge < -0.3 is 15.8 Å². The molecule has 0 radical (unpaired) electrons. The number of hydrazine groups is 1. The molecule has 1 aliphatic heterocycles. The molecule has 120 valence electrons. The Labute approximate surface area is 135 Å². The van der Waals surface area contributed by atoms with Crippen LogP contribution in [0.3, 0.4) is 0 Å². The van der Waals surface area contributed by atoms with Crippen LogP contribution in [0.15, 0.2) is 30.0 Å². The molecule has 0 aromatic heterocycles. The molecule has 0 bridgehead atoms. The maximum Gasteiger partial charge on any atom is 0.273 e. The molecule has 0 unspecified atom stereocenters. The number of aromatic hydroxyl groups is 1. The van der Waals surface area contributed by atoms with Crippen molar-refractivity contribution in [3.8, 4) is 5.75 Å². The Hall–Kier alpha value is -1.72. The molecular formula is C16H22ClN3O2. The molecule has 5 nitrogen and oxygen atoms in total. The van der Waals surface area contributed by atoms with Crippen molar-refractivity contribution < 1.29 is 9.90 Å². The zero-order valence-corrected chi connectivity index (χ0v) is 14.0. The van der Waals surface area contributed by atoms with E-state index in [9.17, 15) is 9.90 Å². The van der Waals surface area contributed by atoms with Crippen molar-refractivity contribution in [2.24, 2.45) is 0 Å². The van der Waals surface area contributed by atoms with Crippen molar-refractivity contribution in [2.45, 2.75) is 45.2 Å². The summed E-state index contributed by atoms with van der Waals surface area (Å²) in [4.78, 5) is 12.1. The zero-order valence-electron chi connectivity index (χ0n) is 13.2. The van der Waals surface area contributed by atoms with Crippen LogP contribution in [-0.2, 0) is 0 Å². The van der Waals surface area contributed by atoms with Gasteiger partial charge in [-0.1, -0.05) is 11.6 Å². The number of carbonyl (C=O) groups is 1. The van der Waals surface area contributed by atoms with Crippen molar-refractivity contribution in [1.82, 2.24) is 16.2 Å². The minimum Gasteiger partial charge on any atom is -0.507 e. The van der Waals surface area contributed by atoms with Gasteiger partial charge in [-0.25, -0.2) is 0 Å². The summed E-state index contributed by atoms with van der Waals surface area (Å²) in [5.41, 5.74) is 6.35. The van der Waals surface area contributed by atoms with E-state index in [2.05, 4.69) is 43.9 Å². The summed E-state index contributed by atoms with van der Waals surface area (Å²) < 4.78 is 0. The topological polar surface area (TPSA) is 73.4 Å². The minimum atomic E-state index is -0.435. The van der Waals surface area contributed by atoms with Crippen LogP contribution in [0, 0.1) is 0 Å². The molecule has 1 aliphatic rings. The normalized spacial score (nSPS) is 19.2. The van der Waals surface area contributed by atoms with E-state index in [-0.39, 0.29) is 22.4 Å². The van der Waals surface area contributed by atoms with E-state index in [4.69, 9.17) is 11.6 Å². The van der Waals surface area contributed by atoms with E-state index in [1.165, 1.54) is 18.2 Å². The number of phenols is 1. The average Bonchev–Trinajstić information content (AvgIpc) is 2.35. The van der Waals surface area contributed by atoms with Crippen molar-refractivity contribution in [3.05, 3.63) is 40.6 Å². The first-order valence-electron chi connectivity index (χ1n) is 7.14. The maximum absolute atomic E-state index is 12.1. The summed E-state index contributed by atoms with van der Waals surface area (Å²) in [5.74, 6) is -0.543. The molecule has 0 aliphatic carbocycles. The predicted octanol–water partition coefficient (Wildman–Crippen LogP) is 2.71. The van der Waals surface area contributed by atoms with Gasteiger partial charge in [-0.2, -0.15) is 0 Å². The Kier molecular flexibility index (Phi) is 4.40. The lowest BCUT2D eigenvalue weighted by molar-refractivity contribution is 0.0933. The first-order valence-corrected chi connectivity index (χ1v) is 7.52. The van der Waals surface area contributed by atoms with Gasteiger partial charge in [0.15, 0.2) is 0 Å². The smallest absolute Gasteiger partial charge is 0.273 e. The number of carbonyl (C=O) groups excluding carboxylic acids is 1. The monoisotopic (exact) mass is 323 g/mol. The van der Waals surface area contributed by atoms with Gasteiger partial charge in [0.1, 0.15) is 5.75 Å². The first-order chi connectivity index (χ1) is 10.1. The van der Waals surface area contributed by atoms with Gasteiger partial charge in [0.25, 0.3) is 5.91 Å². The third-order valence-electron chi connectivity index (χ3n) is 3.37. The maximum atomic E-state index is 12.1. The highest BCUT2D eigenvalue weighted by molar-refractivity contribution is 6.31. The Balaban J connectivity index is 2.08. The fourth-order valence-electron chi connectivity index (χ4n) is 2.89. The molecule has 4 N–H and O–H groups in total. The second-order valence-electron chi connectivity index (χ2n) is 6.82. The fraction of sp³-hybridized carbons (Fsp3) is 0.438. The van der Waals surface area contributed by atoms with Crippen molar-refractivity contribution in [3.63, 3.8) is 0 Å². The van der Waals surface area contributed by atoms with E-state index in [1.54, 1.807) is 0 Å². The van der Waals surface area contributed by atoms with Gasteiger partial charge in [-0.3, -0.25) is 10.2 Å². The molecular weight excluding hydrogens is 302 g/mol. The third kappa shape index (κ3) is 4.15. The molecule has 0 saturated heterocycles. The number of nitrogens with one attached hydrogen (secondary N) is 3. The van der Waals surface area contributed by atoms with Crippen LogP contribution in [0.5, 0.6) is 5.75 Å². The Morgan fingerprint density at radius 2 is 2.00 bits per heavy atom. The molecule has 0 fully saturated rings. The predicted molar refractivity (Wildman–Crippen MR) is 87.7 cm³/mol. The summed E-state index contributed by atoms with van der Waals surface area (Å²) in [6.07, 6.45) is 2.79. The number of benzene rings is 1. The molecule has 2 rings (SSSR count). The number of hydrogen-bond donors (Lipinski definition) is 4. The van der Waals surface area contributed by atoms with Crippen LogP contribution >= 0.6 is 11.6 Å². The molecule has 1 amide bonds. The Bertz CT molecular complexity index is 624.